The molecular formula is C25H22ClFN4O2. The van der Waals surface area contributed by atoms with Crippen LogP contribution < -0.4 is 0 Å². The van der Waals surface area contributed by atoms with Gasteiger partial charge in [-0.2, -0.15) is 10.5 Å². The van der Waals surface area contributed by atoms with Crippen molar-refractivity contribution in [1.82, 2.24) is 9.80 Å². The number of nitrogens with zero attached hydrogens (tertiary/aromatic N) is 4. The van der Waals surface area contributed by atoms with E-state index in [9.17, 15) is 19.7 Å². The molecule has 0 aromatic heterocycles. The first-order chi connectivity index (χ1) is 15.9. The van der Waals surface area contributed by atoms with Crippen LogP contribution in [0.2, 0.25) is 0 Å². The lowest BCUT2D eigenvalue weighted by atomic mass is 9.74. The van der Waals surface area contributed by atoms with Crippen LogP contribution in [-0.4, -0.2) is 28.8 Å². The first kappa shape index (κ1) is 22.6. The highest BCUT2D eigenvalue weighted by Crippen LogP contribution is 2.39. The molecule has 0 saturated carbocycles. The number of hydrogen-bond acceptors (Lipinski definition) is 5. The molecule has 3 aliphatic rings. The van der Waals surface area contributed by atoms with Crippen molar-refractivity contribution in [2.45, 2.75) is 25.7 Å². The second kappa shape index (κ2) is 9.52. The third-order valence-electron chi connectivity index (χ3n) is 6.32. The van der Waals surface area contributed by atoms with Gasteiger partial charge in [0.2, 0.25) is 5.91 Å². The topological polar surface area (TPSA) is 80.4 Å². The Morgan fingerprint density at radius 2 is 1.97 bits per heavy atom. The van der Waals surface area contributed by atoms with Crippen molar-refractivity contribution in [3.05, 3.63) is 82.8 Å². The largest absolute Gasteiger partial charge is 0.461 e. The van der Waals surface area contributed by atoms with Crippen LogP contribution in [0.25, 0.3) is 0 Å². The summed E-state index contributed by atoms with van der Waals surface area (Å²) in [5.74, 6) is -0.554. The number of hydrogen-bond donors (Lipinski definition) is 0. The first-order valence-electron chi connectivity index (χ1n) is 10.7. The Kier molecular flexibility index (Phi) is 6.53. The molecule has 2 heterocycles. The molecule has 8 heteroatoms. The average Bonchev–Trinajstić information content (AvgIpc) is 2.85. The lowest BCUT2D eigenvalue weighted by molar-refractivity contribution is -0.136. The zero-order chi connectivity index (χ0) is 23.4. The highest BCUT2D eigenvalue weighted by atomic mass is 35.5. The number of amides is 1. The molecule has 1 unspecified atom stereocenters. The molecule has 33 heavy (non-hydrogen) atoms. The van der Waals surface area contributed by atoms with Gasteiger partial charge in [-0.3, -0.25) is 9.69 Å². The van der Waals surface area contributed by atoms with E-state index >= 15 is 0 Å². The van der Waals surface area contributed by atoms with E-state index < -0.39 is 11.3 Å². The Hall–Kier alpha value is -3.55. The van der Waals surface area contributed by atoms with Crippen molar-refractivity contribution in [3.8, 4) is 12.3 Å². The Labute approximate surface area is 197 Å². The van der Waals surface area contributed by atoms with E-state index in [0.717, 1.165) is 5.56 Å². The molecule has 1 fully saturated rings. The molecule has 168 valence electrons. The minimum atomic E-state index is -0.593. The quantitative estimate of drug-likeness (QED) is 0.603. The number of benzene rings is 1. The molecule has 1 saturated heterocycles. The van der Waals surface area contributed by atoms with Crippen molar-refractivity contribution >= 4 is 17.5 Å². The molecule has 1 aromatic rings. The predicted octanol–water partition coefficient (Wildman–Crippen LogP) is 4.70. The SMILES string of the molecule is N#CN1C=COC(C2=C(Cl)C=CCC2C(=O)N2CCC(C#N)(Cc3ccc(F)cc3)CC2)=C1. The van der Waals surface area contributed by atoms with Crippen LogP contribution in [-0.2, 0) is 16.0 Å². The molecule has 0 spiro atoms. The van der Waals surface area contributed by atoms with E-state index in [0.29, 0.717) is 55.1 Å². The van der Waals surface area contributed by atoms with Gasteiger partial charge in [-0.15, -0.1) is 0 Å². The fraction of sp³-hybridized carbons (Fsp3) is 0.320. The molecular weight excluding hydrogens is 443 g/mol. The lowest BCUT2D eigenvalue weighted by Gasteiger charge is -2.39. The van der Waals surface area contributed by atoms with Gasteiger partial charge in [-0.25, -0.2) is 4.39 Å². The summed E-state index contributed by atoms with van der Waals surface area (Å²) in [4.78, 5) is 16.6. The molecule has 1 atom stereocenters. The number of piperidine rings is 1. The van der Waals surface area contributed by atoms with E-state index in [-0.39, 0.29) is 11.7 Å². The van der Waals surface area contributed by atoms with E-state index in [1.54, 1.807) is 23.1 Å². The maximum absolute atomic E-state index is 13.5. The smallest absolute Gasteiger partial charge is 0.230 e. The van der Waals surface area contributed by atoms with Crippen LogP contribution in [0.3, 0.4) is 0 Å². The summed E-state index contributed by atoms with van der Waals surface area (Å²) in [6.45, 7) is 0.895. The van der Waals surface area contributed by atoms with Crippen LogP contribution in [0.1, 0.15) is 24.8 Å². The number of rotatable bonds is 4. The summed E-state index contributed by atoms with van der Waals surface area (Å²) in [5, 5.41) is 19.5. The van der Waals surface area contributed by atoms with Gasteiger partial charge in [0.1, 0.15) is 17.8 Å². The first-order valence-corrected chi connectivity index (χ1v) is 11.1. The normalized spacial score (nSPS) is 21.7. The van der Waals surface area contributed by atoms with Gasteiger partial charge in [0.15, 0.2) is 6.19 Å². The summed E-state index contributed by atoms with van der Waals surface area (Å²) in [7, 11) is 0. The number of carbonyl (C=O) groups excluding carboxylic acids is 1. The second-order valence-electron chi connectivity index (χ2n) is 8.38. The zero-order valence-electron chi connectivity index (χ0n) is 17.9. The Morgan fingerprint density at radius 1 is 1.24 bits per heavy atom. The van der Waals surface area contributed by atoms with Crippen molar-refractivity contribution in [2.24, 2.45) is 11.3 Å². The van der Waals surface area contributed by atoms with E-state index in [2.05, 4.69) is 6.07 Å². The molecule has 6 nitrogen and oxygen atoms in total. The number of likely N-dealkylation sites (tertiary alicyclic amines) is 1. The number of ether oxygens (including phenoxy) is 1. The Balaban J connectivity index is 1.48. The molecule has 0 N–H and O–H groups in total. The minimum absolute atomic E-state index is 0.0802. The zero-order valence-corrected chi connectivity index (χ0v) is 18.6. The molecule has 2 aliphatic heterocycles. The molecule has 0 radical (unpaired) electrons. The van der Waals surface area contributed by atoms with E-state index in [4.69, 9.17) is 16.3 Å². The predicted molar refractivity (Wildman–Crippen MR) is 120 cm³/mol. The highest BCUT2D eigenvalue weighted by Gasteiger charge is 2.39. The summed E-state index contributed by atoms with van der Waals surface area (Å²) < 4.78 is 18.8. The summed E-state index contributed by atoms with van der Waals surface area (Å²) in [6.07, 6.45) is 12.0. The fourth-order valence-corrected chi connectivity index (χ4v) is 4.77. The Morgan fingerprint density at radius 3 is 2.64 bits per heavy atom. The summed E-state index contributed by atoms with van der Waals surface area (Å²) in [6, 6.07) is 8.66. The number of halogens is 2. The Bertz CT molecular complexity index is 1130. The average molecular weight is 465 g/mol. The summed E-state index contributed by atoms with van der Waals surface area (Å²) >= 11 is 6.46. The van der Waals surface area contributed by atoms with Crippen LogP contribution in [0.15, 0.2) is 71.4 Å². The van der Waals surface area contributed by atoms with Gasteiger partial charge in [0, 0.05) is 23.7 Å². The minimum Gasteiger partial charge on any atom is -0.461 e. The van der Waals surface area contributed by atoms with Crippen molar-refractivity contribution in [2.75, 3.05) is 13.1 Å². The molecule has 1 amide bonds. The third kappa shape index (κ3) is 4.79. The molecule has 0 bridgehead atoms. The van der Waals surface area contributed by atoms with Gasteiger partial charge < -0.3 is 9.64 Å². The number of allylic oxidation sites excluding steroid dienone is 4. The van der Waals surface area contributed by atoms with Crippen LogP contribution >= 0.6 is 11.6 Å². The third-order valence-corrected chi connectivity index (χ3v) is 6.65. The van der Waals surface area contributed by atoms with Crippen molar-refractivity contribution in [1.29, 1.82) is 10.5 Å². The standard InChI is InChI=1S/C25H22ClFN4O2/c26-21-3-1-2-20(23(21)22-15-30(17-29)12-13-33-22)24(32)31-10-8-25(16-28,9-11-31)14-18-4-6-19(27)7-5-18/h1,3-7,12-13,15,20H,2,8-11,14H2. The fourth-order valence-electron chi connectivity index (χ4n) is 4.46. The second-order valence-corrected chi connectivity index (χ2v) is 8.78. The van der Waals surface area contributed by atoms with E-state index in [1.165, 1.54) is 35.7 Å². The monoisotopic (exact) mass is 464 g/mol. The summed E-state index contributed by atoms with van der Waals surface area (Å²) in [5.41, 5.74) is 0.866. The van der Waals surface area contributed by atoms with Gasteiger partial charge >= 0.3 is 0 Å². The molecule has 1 aromatic carbocycles. The van der Waals surface area contributed by atoms with Crippen molar-refractivity contribution in [3.63, 3.8) is 0 Å². The van der Waals surface area contributed by atoms with Crippen molar-refractivity contribution < 1.29 is 13.9 Å². The maximum atomic E-state index is 13.5. The van der Waals surface area contributed by atoms with E-state index in [1.807, 2.05) is 12.3 Å². The van der Waals surface area contributed by atoms with Crippen LogP contribution in [0.5, 0.6) is 0 Å². The number of carbonyl (C=O) groups is 1. The maximum Gasteiger partial charge on any atom is 0.230 e. The lowest BCUT2D eigenvalue weighted by Crippen LogP contribution is -2.46. The molecule has 4 rings (SSSR count). The van der Waals surface area contributed by atoms with Crippen LogP contribution in [0, 0.1) is 39.9 Å². The highest BCUT2D eigenvalue weighted by molar-refractivity contribution is 6.32. The van der Waals surface area contributed by atoms with Gasteiger partial charge in [-0.05, 0) is 49.5 Å². The van der Waals surface area contributed by atoms with Crippen LogP contribution in [0.4, 0.5) is 4.39 Å². The molecule has 1 aliphatic carbocycles. The van der Waals surface area contributed by atoms with Gasteiger partial charge in [0.05, 0.1) is 29.8 Å². The van der Waals surface area contributed by atoms with Gasteiger partial charge in [0.25, 0.3) is 0 Å². The van der Waals surface area contributed by atoms with Gasteiger partial charge in [-0.1, -0.05) is 29.8 Å². The number of nitriles is 2.